The lowest BCUT2D eigenvalue weighted by Crippen LogP contribution is -2.39. The molecule has 0 aromatic carbocycles. The first-order chi connectivity index (χ1) is 15.0. The highest BCUT2D eigenvalue weighted by Crippen LogP contribution is 2.58. The monoisotopic (exact) mass is 426 g/mol. The van der Waals surface area contributed by atoms with Crippen molar-refractivity contribution in [2.24, 2.45) is 11.8 Å². The molecule has 1 amide bonds. The van der Waals surface area contributed by atoms with Crippen molar-refractivity contribution in [3.63, 3.8) is 0 Å². The number of oxazole rings is 1. The molecule has 31 heavy (non-hydrogen) atoms. The number of nitrogens with zero attached hydrogens (tertiary/aromatic N) is 3. The molecule has 3 heterocycles. The van der Waals surface area contributed by atoms with Crippen molar-refractivity contribution in [1.29, 1.82) is 0 Å². The molecule has 1 unspecified atom stereocenters. The Bertz CT molecular complexity index is 914. The third-order valence-corrected chi connectivity index (χ3v) is 7.68. The van der Waals surface area contributed by atoms with Gasteiger partial charge in [-0.1, -0.05) is 12.1 Å². The highest BCUT2D eigenvalue weighted by Gasteiger charge is 2.62. The summed E-state index contributed by atoms with van der Waals surface area (Å²) in [6.45, 7) is 7.49. The number of amides is 1. The van der Waals surface area contributed by atoms with Crippen molar-refractivity contribution in [3.8, 4) is 0 Å². The highest BCUT2D eigenvalue weighted by molar-refractivity contribution is 5.77. The molecular weight excluding hydrogens is 392 g/mol. The van der Waals surface area contributed by atoms with Crippen LogP contribution in [0.25, 0.3) is 0 Å². The van der Waals surface area contributed by atoms with Gasteiger partial charge in [0.15, 0.2) is 0 Å². The molecule has 2 saturated carbocycles. The summed E-state index contributed by atoms with van der Waals surface area (Å²) in [7, 11) is 0. The first-order valence-electron chi connectivity index (χ1n) is 11.9. The minimum Gasteiger partial charge on any atom is -0.445 e. The summed E-state index contributed by atoms with van der Waals surface area (Å²) in [6.07, 6.45) is 9.90. The Morgan fingerprint density at radius 3 is 2.87 bits per heavy atom. The van der Waals surface area contributed by atoms with Crippen LogP contribution in [0.1, 0.15) is 68.6 Å². The van der Waals surface area contributed by atoms with Gasteiger partial charge in [0.25, 0.3) is 0 Å². The Balaban J connectivity index is 1.02. The van der Waals surface area contributed by atoms with Crippen molar-refractivity contribution in [1.82, 2.24) is 20.4 Å². The van der Waals surface area contributed by atoms with Crippen molar-refractivity contribution in [2.45, 2.75) is 76.7 Å². The van der Waals surface area contributed by atoms with Crippen molar-refractivity contribution >= 4 is 5.91 Å². The van der Waals surface area contributed by atoms with Crippen molar-refractivity contribution in [2.75, 3.05) is 19.6 Å². The molecule has 2 aromatic heterocycles. The molecule has 1 N–H and O–H groups in total. The lowest BCUT2D eigenvalue weighted by molar-refractivity contribution is -0.121. The average molecular weight is 427 g/mol. The van der Waals surface area contributed by atoms with Gasteiger partial charge in [-0.05, 0) is 63.8 Å². The van der Waals surface area contributed by atoms with Crippen molar-refractivity contribution in [3.05, 3.63) is 35.4 Å². The van der Waals surface area contributed by atoms with Crippen LogP contribution in [-0.4, -0.2) is 46.6 Å². The maximum absolute atomic E-state index is 12.2. The van der Waals surface area contributed by atoms with Gasteiger partial charge in [-0.15, -0.1) is 0 Å². The lowest BCUT2D eigenvalue weighted by atomic mass is 9.84. The molecule has 2 aliphatic carbocycles. The molecule has 7 heteroatoms. The summed E-state index contributed by atoms with van der Waals surface area (Å²) in [5.41, 5.74) is 1.47. The van der Waals surface area contributed by atoms with Gasteiger partial charge in [-0.2, -0.15) is 0 Å². The molecule has 168 valence electrons. The van der Waals surface area contributed by atoms with Crippen LogP contribution >= 0.6 is 0 Å². The van der Waals surface area contributed by atoms with Crippen LogP contribution in [0.5, 0.6) is 0 Å². The predicted octanol–water partition coefficient (Wildman–Crippen LogP) is 3.41. The minimum atomic E-state index is 0.0194. The van der Waals surface area contributed by atoms with Gasteiger partial charge in [0.1, 0.15) is 17.9 Å². The zero-order chi connectivity index (χ0) is 21.4. The van der Waals surface area contributed by atoms with Crippen LogP contribution in [0.2, 0.25) is 0 Å². The van der Waals surface area contributed by atoms with E-state index in [4.69, 9.17) is 8.94 Å². The predicted molar refractivity (Wildman–Crippen MR) is 116 cm³/mol. The number of piperidine rings is 1. The molecule has 3 fully saturated rings. The number of aryl methyl sites for hydroxylation is 2. The summed E-state index contributed by atoms with van der Waals surface area (Å²) in [5, 5.41) is 7.55. The van der Waals surface area contributed by atoms with Crippen LogP contribution in [0.4, 0.5) is 0 Å². The van der Waals surface area contributed by atoms with Gasteiger partial charge in [0, 0.05) is 37.0 Å². The number of carbonyl (C=O) groups excluding carboxylic acids is 1. The standard InChI is InChI=1S/C24H34N4O3/c1-3-20-10-21(27-31-20)24-12-18(24)14-28(15-24)9-8-17-4-6-19(7-5-17)26-22(29)11-23-25-13-16(2)30-23/h10,13,17-19H,3-9,11-12,14-15H2,1-2H3,(H,26,29)/t17?,18?,19?,24-/m0/s1. The van der Waals surface area contributed by atoms with E-state index in [0.29, 0.717) is 11.9 Å². The van der Waals surface area contributed by atoms with Crippen LogP contribution in [-0.2, 0) is 23.1 Å². The molecule has 1 aliphatic heterocycles. The SMILES string of the molecule is CCc1cc([C@]23CC2CN(CCC2CCC(NC(=O)Cc4ncc(C)o4)CC2)C3)no1. The highest BCUT2D eigenvalue weighted by atomic mass is 16.5. The number of fused-ring (bicyclic) bond motifs is 1. The largest absolute Gasteiger partial charge is 0.445 e. The fraction of sp³-hybridized carbons (Fsp3) is 0.708. The molecular formula is C24H34N4O3. The number of hydrogen-bond donors (Lipinski definition) is 1. The van der Waals surface area contributed by atoms with Crippen LogP contribution in [0.3, 0.4) is 0 Å². The Labute approximate surface area is 183 Å². The van der Waals surface area contributed by atoms with Gasteiger partial charge < -0.3 is 19.2 Å². The van der Waals surface area contributed by atoms with Crippen LogP contribution in [0.15, 0.2) is 21.2 Å². The second-order valence-electron chi connectivity index (χ2n) is 9.94. The van der Waals surface area contributed by atoms with E-state index in [1.165, 1.54) is 44.5 Å². The van der Waals surface area contributed by atoms with Crippen LogP contribution in [0, 0.1) is 18.8 Å². The van der Waals surface area contributed by atoms with E-state index in [1.54, 1.807) is 6.20 Å². The summed E-state index contributed by atoms with van der Waals surface area (Å²) in [4.78, 5) is 19.0. The number of aromatic nitrogens is 2. The first kappa shape index (κ1) is 20.7. The molecule has 7 nitrogen and oxygen atoms in total. The second kappa shape index (κ2) is 8.41. The summed E-state index contributed by atoms with van der Waals surface area (Å²) in [6, 6.07) is 2.48. The number of hydrogen-bond acceptors (Lipinski definition) is 6. The Kier molecular flexibility index (Phi) is 5.63. The molecule has 0 spiro atoms. The topological polar surface area (TPSA) is 84.4 Å². The van der Waals surface area contributed by atoms with Gasteiger partial charge in [-0.3, -0.25) is 4.79 Å². The number of rotatable bonds is 8. The van der Waals surface area contributed by atoms with E-state index in [1.807, 2.05) is 6.92 Å². The van der Waals surface area contributed by atoms with Gasteiger partial charge >= 0.3 is 0 Å². The third kappa shape index (κ3) is 4.43. The number of nitrogens with one attached hydrogen (secondary N) is 1. The molecule has 2 aromatic rings. The third-order valence-electron chi connectivity index (χ3n) is 7.68. The molecule has 3 aliphatic rings. The lowest BCUT2D eigenvalue weighted by Gasteiger charge is -2.30. The van der Waals surface area contributed by atoms with Crippen LogP contribution < -0.4 is 5.32 Å². The Morgan fingerprint density at radius 1 is 1.32 bits per heavy atom. The average Bonchev–Trinajstić information content (AvgIpc) is 3.17. The van der Waals surface area contributed by atoms with Crippen molar-refractivity contribution < 1.29 is 13.7 Å². The molecule has 1 saturated heterocycles. The summed E-state index contributed by atoms with van der Waals surface area (Å²) >= 11 is 0. The van der Waals surface area contributed by atoms with E-state index < -0.39 is 0 Å². The molecule has 2 atom stereocenters. The fourth-order valence-corrected chi connectivity index (χ4v) is 5.73. The molecule has 0 bridgehead atoms. The zero-order valence-corrected chi connectivity index (χ0v) is 18.7. The number of likely N-dealkylation sites (tertiary alicyclic amines) is 1. The second-order valence-corrected chi connectivity index (χ2v) is 9.94. The van der Waals surface area contributed by atoms with E-state index in [0.717, 1.165) is 49.2 Å². The summed E-state index contributed by atoms with van der Waals surface area (Å²) in [5.74, 6) is 3.81. The molecule has 5 rings (SSSR count). The van der Waals surface area contributed by atoms with E-state index >= 15 is 0 Å². The van der Waals surface area contributed by atoms with Gasteiger partial charge in [0.05, 0.1) is 11.9 Å². The Hall–Kier alpha value is -2.15. The van der Waals surface area contributed by atoms with Gasteiger partial charge in [0.2, 0.25) is 11.8 Å². The Morgan fingerprint density at radius 2 is 2.16 bits per heavy atom. The maximum atomic E-state index is 12.2. The quantitative estimate of drug-likeness (QED) is 0.696. The van der Waals surface area contributed by atoms with Gasteiger partial charge in [-0.25, -0.2) is 4.98 Å². The summed E-state index contributed by atoms with van der Waals surface area (Å²) < 4.78 is 10.9. The molecule has 0 radical (unpaired) electrons. The fourth-order valence-electron chi connectivity index (χ4n) is 5.73. The van der Waals surface area contributed by atoms with E-state index in [-0.39, 0.29) is 17.7 Å². The maximum Gasteiger partial charge on any atom is 0.229 e. The number of carbonyl (C=O) groups is 1. The smallest absolute Gasteiger partial charge is 0.229 e. The normalized spacial score (nSPS) is 30.3. The zero-order valence-electron chi connectivity index (χ0n) is 18.7. The minimum absolute atomic E-state index is 0.0194. The van der Waals surface area contributed by atoms with E-state index in [9.17, 15) is 4.79 Å². The first-order valence-corrected chi connectivity index (χ1v) is 11.9. The van der Waals surface area contributed by atoms with E-state index in [2.05, 4.69) is 33.3 Å².